The van der Waals surface area contributed by atoms with Crippen molar-refractivity contribution >= 4 is 23.5 Å². The summed E-state index contributed by atoms with van der Waals surface area (Å²) in [4.78, 5) is 36.8. The van der Waals surface area contributed by atoms with E-state index in [-0.39, 0.29) is 5.92 Å². The van der Waals surface area contributed by atoms with Crippen LogP contribution in [-0.4, -0.2) is 30.0 Å². The van der Waals surface area contributed by atoms with Crippen molar-refractivity contribution in [3.8, 4) is 5.75 Å². The lowest BCUT2D eigenvalue weighted by Gasteiger charge is -2.22. The number of rotatable bonds is 7. The summed E-state index contributed by atoms with van der Waals surface area (Å²) in [5.74, 6) is -1.55. The minimum absolute atomic E-state index is 0.240. The number of nitrogens with one attached hydrogen (secondary N) is 4. The zero-order valence-electron chi connectivity index (χ0n) is 16.9. The number of halogens is 1. The molecule has 0 radical (unpaired) electrons. The third-order valence-corrected chi connectivity index (χ3v) is 4.07. The molecule has 0 aliphatic carbocycles. The number of benzene rings is 2. The van der Waals surface area contributed by atoms with Gasteiger partial charge >= 0.3 is 6.03 Å². The van der Waals surface area contributed by atoms with Crippen molar-refractivity contribution in [1.29, 1.82) is 0 Å². The van der Waals surface area contributed by atoms with Gasteiger partial charge in [0.1, 0.15) is 17.6 Å². The van der Waals surface area contributed by atoms with Crippen molar-refractivity contribution in [1.82, 2.24) is 16.2 Å². The van der Waals surface area contributed by atoms with E-state index < -0.39 is 35.8 Å². The first kappa shape index (κ1) is 22.7. The maximum absolute atomic E-state index is 12.9. The van der Waals surface area contributed by atoms with Gasteiger partial charge in [0.05, 0.1) is 0 Å². The fraction of sp³-hybridized carbons (Fsp3) is 0.286. The average Bonchev–Trinajstić information content (AvgIpc) is 2.72. The summed E-state index contributed by atoms with van der Waals surface area (Å²) in [6, 6.07) is 12.6. The minimum Gasteiger partial charge on any atom is -0.481 e. The fourth-order valence-electron chi connectivity index (χ4n) is 2.44. The van der Waals surface area contributed by atoms with Crippen LogP contribution in [0, 0.1) is 11.7 Å². The van der Waals surface area contributed by atoms with E-state index in [1.165, 1.54) is 31.2 Å². The molecule has 2 aromatic rings. The molecule has 0 heterocycles. The summed E-state index contributed by atoms with van der Waals surface area (Å²) >= 11 is 0. The number of hydrogen-bond donors (Lipinski definition) is 4. The van der Waals surface area contributed by atoms with E-state index in [1.807, 2.05) is 6.07 Å². The van der Waals surface area contributed by atoms with Crippen LogP contribution in [0.4, 0.5) is 14.9 Å². The van der Waals surface area contributed by atoms with Crippen LogP contribution >= 0.6 is 0 Å². The topological polar surface area (TPSA) is 109 Å². The zero-order valence-corrected chi connectivity index (χ0v) is 16.9. The SMILES string of the molecule is CC(Oc1ccc(F)cc1)C(=O)NNC(=O)C(NC(=O)Nc1ccccc1)C(C)C. The largest absolute Gasteiger partial charge is 0.481 e. The van der Waals surface area contributed by atoms with E-state index in [4.69, 9.17) is 4.74 Å². The molecule has 2 unspecified atom stereocenters. The molecule has 4 amide bonds. The highest BCUT2D eigenvalue weighted by molar-refractivity contribution is 5.94. The molecule has 0 saturated carbocycles. The van der Waals surface area contributed by atoms with Crippen LogP contribution < -0.4 is 26.2 Å². The number of hydrazine groups is 1. The van der Waals surface area contributed by atoms with Gasteiger partial charge in [0.15, 0.2) is 6.10 Å². The van der Waals surface area contributed by atoms with Gasteiger partial charge < -0.3 is 15.4 Å². The molecule has 0 saturated heterocycles. The summed E-state index contributed by atoms with van der Waals surface area (Å²) < 4.78 is 18.3. The number of carbonyl (C=O) groups excluding carboxylic acids is 3. The predicted molar refractivity (Wildman–Crippen MR) is 110 cm³/mol. The predicted octanol–water partition coefficient (Wildman–Crippen LogP) is 2.59. The Hall–Kier alpha value is -3.62. The van der Waals surface area contributed by atoms with Crippen LogP contribution in [0.15, 0.2) is 54.6 Å². The number of carbonyl (C=O) groups is 3. The first-order chi connectivity index (χ1) is 14.3. The van der Waals surface area contributed by atoms with Crippen molar-refractivity contribution < 1.29 is 23.5 Å². The van der Waals surface area contributed by atoms with E-state index in [9.17, 15) is 18.8 Å². The minimum atomic E-state index is -0.942. The molecule has 0 aliphatic heterocycles. The third kappa shape index (κ3) is 7.08. The molecule has 2 atom stereocenters. The van der Waals surface area contributed by atoms with Gasteiger partial charge in [0.25, 0.3) is 11.8 Å². The Bertz CT molecular complexity index is 859. The van der Waals surface area contributed by atoms with Gasteiger partial charge in [-0.25, -0.2) is 9.18 Å². The van der Waals surface area contributed by atoms with Gasteiger partial charge in [-0.3, -0.25) is 20.4 Å². The second kappa shape index (κ2) is 10.8. The van der Waals surface area contributed by atoms with Crippen LogP contribution in [-0.2, 0) is 9.59 Å². The molecular formula is C21H25FN4O4. The Morgan fingerprint density at radius 3 is 2.07 bits per heavy atom. The Morgan fingerprint density at radius 2 is 1.47 bits per heavy atom. The first-order valence-corrected chi connectivity index (χ1v) is 9.40. The Kier molecular flexibility index (Phi) is 8.16. The second-order valence-electron chi connectivity index (χ2n) is 6.88. The van der Waals surface area contributed by atoms with Crippen LogP contribution in [0.2, 0.25) is 0 Å². The Labute approximate surface area is 174 Å². The summed E-state index contributed by atoms with van der Waals surface area (Å²) in [6.07, 6.45) is -0.942. The lowest BCUT2D eigenvalue weighted by molar-refractivity contribution is -0.133. The standard InChI is InChI=1S/C21H25FN4O4/c1-13(2)18(24-21(29)23-16-7-5-4-6-8-16)20(28)26-25-19(27)14(3)30-17-11-9-15(22)10-12-17/h4-14,18H,1-3H3,(H,25,27)(H,26,28)(H2,23,24,29). The highest BCUT2D eigenvalue weighted by atomic mass is 19.1. The molecule has 0 aromatic heterocycles. The molecule has 0 fully saturated rings. The molecule has 4 N–H and O–H groups in total. The molecule has 0 bridgehead atoms. The number of urea groups is 1. The molecule has 8 nitrogen and oxygen atoms in total. The second-order valence-corrected chi connectivity index (χ2v) is 6.88. The van der Waals surface area contributed by atoms with Gasteiger partial charge in [0, 0.05) is 5.69 Å². The maximum atomic E-state index is 12.9. The Balaban J connectivity index is 1.85. The van der Waals surface area contributed by atoms with Crippen LogP contribution in [0.25, 0.3) is 0 Å². The molecule has 0 aliphatic rings. The highest BCUT2D eigenvalue weighted by Gasteiger charge is 2.25. The van der Waals surface area contributed by atoms with Crippen molar-refractivity contribution in [2.75, 3.05) is 5.32 Å². The lowest BCUT2D eigenvalue weighted by Crippen LogP contribution is -2.56. The lowest BCUT2D eigenvalue weighted by atomic mass is 10.0. The molecule has 2 rings (SSSR count). The van der Waals surface area contributed by atoms with Crippen molar-refractivity contribution in [3.05, 3.63) is 60.4 Å². The van der Waals surface area contributed by atoms with Crippen molar-refractivity contribution in [2.24, 2.45) is 5.92 Å². The van der Waals surface area contributed by atoms with Gasteiger partial charge in [-0.1, -0.05) is 32.0 Å². The van der Waals surface area contributed by atoms with Crippen molar-refractivity contribution in [2.45, 2.75) is 32.9 Å². The van der Waals surface area contributed by atoms with E-state index >= 15 is 0 Å². The average molecular weight is 416 g/mol. The van der Waals surface area contributed by atoms with Gasteiger partial charge in [-0.15, -0.1) is 0 Å². The number of ether oxygens (including phenoxy) is 1. The molecule has 9 heteroatoms. The number of amides is 4. The normalized spacial score (nSPS) is 12.4. The molecule has 0 spiro atoms. The third-order valence-electron chi connectivity index (χ3n) is 4.07. The van der Waals surface area contributed by atoms with Crippen molar-refractivity contribution in [3.63, 3.8) is 0 Å². The number of anilines is 1. The van der Waals surface area contributed by atoms with Gasteiger partial charge in [0.2, 0.25) is 0 Å². The maximum Gasteiger partial charge on any atom is 0.319 e. The summed E-state index contributed by atoms with van der Waals surface area (Å²) in [7, 11) is 0. The summed E-state index contributed by atoms with van der Waals surface area (Å²) in [6.45, 7) is 5.00. The highest BCUT2D eigenvalue weighted by Crippen LogP contribution is 2.13. The number of hydrogen-bond acceptors (Lipinski definition) is 4. The van der Waals surface area contributed by atoms with Crippen LogP contribution in [0.3, 0.4) is 0 Å². The summed E-state index contributed by atoms with van der Waals surface area (Å²) in [5, 5.41) is 5.22. The van der Waals surface area contributed by atoms with Crippen LogP contribution in [0.1, 0.15) is 20.8 Å². The van der Waals surface area contributed by atoms with E-state index in [0.29, 0.717) is 11.4 Å². The monoisotopic (exact) mass is 416 g/mol. The molecule has 30 heavy (non-hydrogen) atoms. The van der Waals surface area contributed by atoms with Crippen LogP contribution in [0.5, 0.6) is 5.75 Å². The first-order valence-electron chi connectivity index (χ1n) is 9.40. The quantitative estimate of drug-likeness (QED) is 0.520. The fourth-order valence-corrected chi connectivity index (χ4v) is 2.44. The van der Waals surface area contributed by atoms with Gasteiger partial charge in [-0.05, 0) is 49.2 Å². The molecule has 160 valence electrons. The molecular weight excluding hydrogens is 391 g/mol. The number of para-hydroxylation sites is 1. The smallest absolute Gasteiger partial charge is 0.319 e. The van der Waals surface area contributed by atoms with E-state index in [1.54, 1.807) is 38.1 Å². The zero-order chi connectivity index (χ0) is 22.1. The molecule has 2 aromatic carbocycles. The Morgan fingerprint density at radius 1 is 0.867 bits per heavy atom. The van der Waals surface area contributed by atoms with E-state index in [2.05, 4.69) is 21.5 Å². The van der Waals surface area contributed by atoms with Gasteiger partial charge in [-0.2, -0.15) is 0 Å². The van der Waals surface area contributed by atoms with E-state index in [0.717, 1.165) is 0 Å². The summed E-state index contributed by atoms with van der Waals surface area (Å²) in [5.41, 5.74) is 5.13.